The highest BCUT2D eigenvalue weighted by Crippen LogP contribution is 2.51. The van der Waals surface area contributed by atoms with Gasteiger partial charge in [0.05, 0.1) is 18.4 Å². The number of sulfonamides is 1. The van der Waals surface area contributed by atoms with Crippen LogP contribution in [-0.4, -0.2) is 105 Å². The number of carbonyl (C=O) groups is 1. The monoisotopic (exact) mass is 572 g/mol. The fourth-order valence-corrected chi connectivity index (χ4v) is 6.40. The van der Waals surface area contributed by atoms with Crippen LogP contribution in [0.1, 0.15) is 21.6 Å². The SMILES string of the molecule is COc1c2c(c(S(=O)(=O)N3CCN(Cc4ccccn4)CC3)c3c1C(=O)N(C)CC3)OCO2.O=S(=O)(O)O. The smallest absolute Gasteiger partial charge is 0.394 e. The Morgan fingerprint density at radius 2 is 1.68 bits per heavy atom. The van der Waals surface area contributed by atoms with E-state index in [1.165, 1.54) is 11.4 Å². The summed E-state index contributed by atoms with van der Waals surface area (Å²) in [5, 5.41) is 0. The lowest BCUT2D eigenvalue weighted by atomic mass is 9.97. The number of pyridine rings is 1. The van der Waals surface area contributed by atoms with Crippen LogP contribution in [0.2, 0.25) is 0 Å². The zero-order chi connectivity index (χ0) is 27.7. The number of rotatable bonds is 5. The van der Waals surface area contributed by atoms with E-state index in [4.69, 9.17) is 31.7 Å². The average Bonchev–Trinajstić information content (AvgIpc) is 3.34. The van der Waals surface area contributed by atoms with Gasteiger partial charge >= 0.3 is 10.4 Å². The normalized spacial score (nSPS) is 18.0. The molecule has 2 aromatic rings. The third kappa shape index (κ3) is 5.84. The highest BCUT2D eigenvalue weighted by atomic mass is 32.3. The van der Waals surface area contributed by atoms with Crippen LogP contribution in [0.3, 0.4) is 0 Å². The third-order valence-electron chi connectivity index (χ3n) is 6.33. The number of methoxy groups -OCH3 is 1. The number of hydrogen-bond acceptors (Lipinski definition) is 10. The lowest BCUT2D eigenvalue weighted by Gasteiger charge is -2.35. The minimum Gasteiger partial charge on any atom is -0.492 e. The van der Waals surface area contributed by atoms with E-state index in [0.29, 0.717) is 51.3 Å². The van der Waals surface area contributed by atoms with Crippen LogP contribution in [0.5, 0.6) is 17.2 Å². The zero-order valence-electron chi connectivity index (χ0n) is 20.7. The molecule has 1 aromatic carbocycles. The van der Waals surface area contributed by atoms with Crippen molar-refractivity contribution in [3.8, 4) is 17.2 Å². The maximum absolute atomic E-state index is 13.9. The molecule has 1 amide bonds. The molecule has 16 heteroatoms. The van der Waals surface area contributed by atoms with Gasteiger partial charge in [0, 0.05) is 52.5 Å². The van der Waals surface area contributed by atoms with Gasteiger partial charge in [-0.2, -0.15) is 12.7 Å². The summed E-state index contributed by atoms with van der Waals surface area (Å²) in [6, 6.07) is 5.77. The minimum absolute atomic E-state index is 0.0328. The molecule has 0 bridgehead atoms. The lowest BCUT2D eigenvalue weighted by molar-refractivity contribution is 0.0775. The van der Waals surface area contributed by atoms with Crippen molar-refractivity contribution >= 4 is 26.3 Å². The molecular weight excluding hydrogens is 544 g/mol. The van der Waals surface area contributed by atoms with Crippen molar-refractivity contribution < 1.29 is 44.9 Å². The highest BCUT2D eigenvalue weighted by Gasteiger charge is 2.43. The molecule has 0 aliphatic carbocycles. The molecule has 2 N–H and O–H groups in total. The largest absolute Gasteiger partial charge is 0.492 e. The summed E-state index contributed by atoms with van der Waals surface area (Å²) in [5.74, 6) is 0.252. The van der Waals surface area contributed by atoms with Crippen molar-refractivity contribution in [2.45, 2.75) is 17.9 Å². The molecule has 1 aromatic heterocycles. The Bertz CT molecular complexity index is 1400. The van der Waals surface area contributed by atoms with Crippen LogP contribution >= 0.6 is 0 Å². The van der Waals surface area contributed by atoms with E-state index in [0.717, 1.165) is 5.69 Å². The lowest BCUT2D eigenvalue weighted by Crippen LogP contribution is -2.48. The minimum atomic E-state index is -4.67. The van der Waals surface area contributed by atoms with Gasteiger partial charge < -0.3 is 19.1 Å². The van der Waals surface area contributed by atoms with E-state index in [1.54, 1.807) is 18.1 Å². The van der Waals surface area contributed by atoms with Crippen LogP contribution in [0.15, 0.2) is 29.3 Å². The van der Waals surface area contributed by atoms with Gasteiger partial charge in [0.25, 0.3) is 5.91 Å². The Kier molecular flexibility index (Phi) is 8.10. The Labute approximate surface area is 220 Å². The summed E-state index contributed by atoms with van der Waals surface area (Å²) >= 11 is 0. The van der Waals surface area contributed by atoms with Crippen LogP contribution in [-0.2, 0) is 33.4 Å². The van der Waals surface area contributed by atoms with E-state index in [1.807, 2.05) is 18.2 Å². The summed E-state index contributed by atoms with van der Waals surface area (Å²) < 4.78 is 77.5. The molecule has 0 atom stereocenters. The maximum atomic E-state index is 13.9. The number of likely N-dealkylation sites (N-methyl/N-ethyl adjacent to an activating group) is 1. The summed E-state index contributed by atoms with van der Waals surface area (Å²) in [6.07, 6.45) is 2.14. The number of nitrogens with zero attached hydrogens (tertiary/aromatic N) is 4. The van der Waals surface area contributed by atoms with E-state index in [-0.39, 0.29) is 40.4 Å². The molecule has 1 saturated heterocycles. The van der Waals surface area contributed by atoms with Crippen molar-refractivity contribution in [2.24, 2.45) is 0 Å². The predicted octanol–water partition coefficient (Wildman–Crippen LogP) is 0.301. The number of carbonyl (C=O) groups excluding carboxylic acids is 1. The molecule has 14 nitrogen and oxygen atoms in total. The summed E-state index contributed by atoms with van der Waals surface area (Å²) in [7, 11) is -5.47. The molecule has 5 rings (SSSR count). The summed E-state index contributed by atoms with van der Waals surface area (Å²) in [5.41, 5.74) is 1.63. The second kappa shape index (κ2) is 11.0. The van der Waals surface area contributed by atoms with Gasteiger partial charge in [0.1, 0.15) is 4.90 Å². The van der Waals surface area contributed by atoms with Crippen molar-refractivity contribution in [1.82, 2.24) is 19.1 Å². The van der Waals surface area contributed by atoms with Gasteiger partial charge in [-0.05, 0) is 24.1 Å². The first-order valence-corrected chi connectivity index (χ1v) is 14.4. The molecule has 3 aliphatic rings. The van der Waals surface area contributed by atoms with Crippen molar-refractivity contribution in [1.29, 1.82) is 0 Å². The predicted molar refractivity (Wildman–Crippen MR) is 132 cm³/mol. The van der Waals surface area contributed by atoms with Gasteiger partial charge in [-0.25, -0.2) is 8.42 Å². The number of fused-ring (bicyclic) bond motifs is 2. The summed E-state index contributed by atoms with van der Waals surface area (Å²) in [4.78, 5) is 21.1. The van der Waals surface area contributed by atoms with Crippen LogP contribution < -0.4 is 14.2 Å². The molecule has 1 fully saturated rings. The molecule has 38 heavy (non-hydrogen) atoms. The Balaban J connectivity index is 0.000000617. The average molecular weight is 573 g/mol. The Morgan fingerprint density at radius 1 is 1.03 bits per heavy atom. The second-order valence-electron chi connectivity index (χ2n) is 8.71. The molecule has 0 radical (unpaired) electrons. The van der Waals surface area contributed by atoms with Gasteiger partial charge in [-0.1, -0.05) is 6.07 Å². The van der Waals surface area contributed by atoms with Gasteiger partial charge in [0.2, 0.25) is 22.6 Å². The molecule has 4 heterocycles. The number of piperazine rings is 1. The molecule has 0 saturated carbocycles. The first-order valence-electron chi connectivity index (χ1n) is 11.5. The Morgan fingerprint density at radius 3 is 2.29 bits per heavy atom. The van der Waals surface area contributed by atoms with Crippen LogP contribution in [0.4, 0.5) is 0 Å². The van der Waals surface area contributed by atoms with E-state index < -0.39 is 20.4 Å². The van der Waals surface area contributed by atoms with E-state index in [2.05, 4.69) is 9.88 Å². The molecular formula is C22H28N4O10S2. The van der Waals surface area contributed by atoms with E-state index in [9.17, 15) is 13.2 Å². The topological polar surface area (TPSA) is 176 Å². The second-order valence-corrected chi connectivity index (χ2v) is 11.5. The number of ether oxygens (including phenoxy) is 3. The summed E-state index contributed by atoms with van der Waals surface area (Å²) in [6.45, 7) is 2.78. The van der Waals surface area contributed by atoms with Gasteiger partial charge in [-0.3, -0.25) is 23.8 Å². The quantitative estimate of drug-likeness (QED) is 0.469. The maximum Gasteiger partial charge on any atom is 0.394 e. The zero-order valence-corrected chi connectivity index (χ0v) is 22.4. The number of aromatic nitrogens is 1. The Hall–Kier alpha value is -3.02. The number of amides is 1. The molecule has 3 aliphatic heterocycles. The first kappa shape index (κ1) is 28.0. The fraction of sp³-hybridized carbons (Fsp3) is 0.455. The van der Waals surface area contributed by atoms with Crippen molar-refractivity contribution in [2.75, 3.05) is 53.7 Å². The molecule has 0 unspecified atom stereocenters. The van der Waals surface area contributed by atoms with Crippen LogP contribution in [0.25, 0.3) is 0 Å². The van der Waals surface area contributed by atoms with Crippen molar-refractivity contribution in [3.05, 3.63) is 41.2 Å². The molecule has 208 valence electrons. The standard InChI is InChI=1S/C22H26N4O6S.H2O4S/c1-24-8-6-16-17(22(24)27)18(30-2)19-20(32-14-31-19)21(16)33(28,29)26-11-9-25(10-12-26)13-15-5-3-4-7-23-15;1-5(2,3)4/h3-5,7H,6,8-14H2,1-2H3;(H2,1,2,3,4). The molecule has 0 spiro atoms. The first-order chi connectivity index (χ1) is 17.9. The highest BCUT2D eigenvalue weighted by molar-refractivity contribution is 7.89. The van der Waals surface area contributed by atoms with Gasteiger partial charge in [0.15, 0.2) is 11.5 Å². The number of hydrogen-bond donors (Lipinski definition) is 2. The third-order valence-corrected chi connectivity index (χ3v) is 8.32. The van der Waals surface area contributed by atoms with Gasteiger partial charge in [-0.15, -0.1) is 0 Å². The fourth-order valence-electron chi connectivity index (χ4n) is 4.60. The number of benzene rings is 1. The van der Waals surface area contributed by atoms with Crippen molar-refractivity contribution in [3.63, 3.8) is 0 Å². The van der Waals surface area contributed by atoms with Crippen LogP contribution in [0, 0.1) is 0 Å². The van der Waals surface area contributed by atoms with E-state index >= 15 is 0 Å².